The standard InChI is InChI=1S/C14H7ClFN3O3/c15-10-3-1-7(5-12(10)19(21)22)13-17-11-4-2-8(16)6-9(11)14(20)18-13/h1-6H,(H,17,18,20). The smallest absolute Gasteiger partial charge is 0.288 e. The molecule has 1 N–H and O–H groups in total. The molecule has 0 amide bonds. The molecule has 0 atom stereocenters. The normalized spacial score (nSPS) is 10.8. The van der Waals surface area contributed by atoms with Crippen LogP contribution in [0.4, 0.5) is 10.1 Å². The van der Waals surface area contributed by atoms with Crippen LogP contribution in [0.5, 0.6) is 0 Å². The molecule has 1 heterocycles. The van der Waals surface area contributed by atoms with Gasteiger partial charge in [0.05, 0.1) is 15.8 Å². The first kappa shape index (κ1) is 14.2. The molecule has 8 heteroatoms. The van der Waals surface area contributed by atoms with E-state index in [2.05, 4.69) is 9.97 Å². The lowest BCUT2D eigenvalue weighted by molar-refractivity contribution is -0.384. The van der Waals surface area contributed by atoms with E-state index in [1.807, 2.05) is 0 Å². The van der Waals surface area contributed by atoms with E-state index in [1.54, 1.807) is 0 Å². The Kier molecular flexibility index (Phi) is 3.34. The number of nitrogens with zero attached hydrogens (tertiary/aromatic N) is 2. The summed E-state index contributed by atoms with van der Waals surface area (Å²) in [4.78, 5) is 28.9. The van der Waals surface area contributed by atoms with E-state index in [4.69, 9.17) is 11.6 Å². The molecule has 0 saturated heterocycles. The second kappa shape index (κ2) is 5.19. The molecule has 3 rings (SSSR count). The number of halogens is 2. The number of rotatable bonds is 2. The predicted molar refractivity (Wildman–Crippen MR) is 79.4 cm³/mol. The second-order valence-electron chi connectivity index (χ2n) is 4.50. The number of hydrogen-bond donors (Lipinski definition) is 1. The molecule has 2 aromatic carbocycles. The van der Waals surface area contributed by atoms with Crippen LogP contribution in [0.3, 0.4) is 0 Å². The molecule has 0 spiro atoms. The Balaban J connectivity index is 2.23. The Labute approximate surface area is 127 Å². The van der Waals surface area contributed by atoms with Crippen molar-refractivity contribution >= 4 is 28.2 Å². The van der Waals surface area contributed by atoms with E-state index in [1.165, 1.54) is 30.3 Å². The van der Waals surface area contributed by atoms with Gasteiger partial charge in [0.25, 0.3) is 11.2 Å². The summed E-state index contributed by atoms with van der Waals surface area (Å²) in [5, 5.41) is 11.0. The van der Waals surface area contributed by atoms with Gasteiger partial charge in [-0.25, -0.2) is 9.37 Å². The second-order valence-corrected chi connectivity index (χ2v) is 4.91. The van der Waals surface area contributed by atoms with Gasteiger partial charge in [-0.3, -0.25) is 14.9 Å². The van der Waals surface area contributed by atoms with Crippen LogP contribution in [0.1, 0.15) is 0 Å². The molecule has 0 aliphatic rings. The zero-order valence-electron chi connectivity index (χ0n) is 10.8. The highest BCUT2D eigenvalue weighted by molar-refractivity contribution is 6.32. The van der Waals surface area contributed by atoms with Crippen LogP contribution < -0.4 is 5.56 Å². The fourth-order valence-corrected chi connectivity index (χ4v) is 2.23. The van der Waals surface area contributed by atoms with Gasteiger partial charge in [-0.05, 0) is 30.3 Å². The molecular weight excluding hydrogens is 313 g/mol. The molecule has 6 nitrogen and oxygen atoms in total. The summed E-state index contributed by atoms with van der Waals surface area (Å²) in [7, 11) is 0. The summed E-state index contributed by atoms with van der Waals surface area (Å²) < 4.78 is 13.2. The van der Waals surface area contributed by atoms with E-state index < -0.39 is 16.3 Å². The maximum absolute atomic E-state index is 13.2. The van der Waals surface area contributed by atoms with Crippen LogP contribution in [0.25, 0.3) is 22.3 Å². The summed E-state index contributed by atoms with van der Waals surface area (Å²) in [6.07, 6.45) is 0. The minimum atomic E-state index is -0.625. The molecule has 0 radical (unpaired) electrons. The third-order valence-corrected chi connectivity index (χ3v) is 3.40. The monoisotopic (exact) mass is 319 g/mol. The fraction of sp³-hybridized carbons (Fsp3) is 0. The molecule has 0 unspecified atom stereocenters. The summed E-state index contributed by atoms with van der Waals surface area (Å²) in [5.41, 5.74) is -0.199. The Hall–Kier alpha value is -2.80. The molecule has 0 fully saturated rings. The number of hydrogen-bond acceptors (Lipinski definition) is 4. The van der Waals surface area contributed by atoms with Crippen molar-refractivity contribution in [2.45, 2.75) is 0 Å². The zero-order valence-corrected chi connectivity index (χ0v) is 11.6. The minimum absolute atomic E-state index is 0.0149. The topological polar surface area (TPSA) is 88.9 Å². The summed E-state index contributed by atoms with van der Waals surface area (Å²) in [6, 6.07) is 7.70. The maximum Gasteiger partial charge on any atom is 0.288 e. The molecule has 110 valence electrons. The van der Waals surface area contributed by atoms with Crippen molar-refractivity contribution in [1.29, 1.82) is 0 Å². The average Bonchev–Trinajstić information content (AvgIpc) is 2.48. The molecular formula is C14H7ClFN3O3. The van der Waals surface area contributed by atoms with E-state index in [0.717, 1.165) is 6.07 Å². The largest absolute Gasteiger partial charge is 0.306 e. The average molecular weight is 320 g/mol. The van der Waals surface area contributed by atoms with Crippen LogP contribution in [-0.2, 0) is 0 Å². The van der Waals surface area contributed by atoms with Gasteiger partial charge in [0.1, 0.15) is 16.7 Å². The van der Waals surface area contributed by atoms with Gasteiger partial charge in [-0.15, -0.1) is 0 Å². The highest BCUT2D eigenvalue weighted by Crippen LogP contribution is 2.28. The Morgan fingerprint density at radius 3 is 2.73 bits per heavy atom. The lowest BCUT2D eigenvalue weighted by Gasteiger charge is -2.04. The van der Waals surface area contributed by atoms with Crippen LogP contribution in [0, 0.1) is 15.9 Å². The van der Waals surface area contributed by atoms with Crippen LogP contribution in [0.2, 0.25) is 5.02 Å². The van der Waals surface area contributed by atoms with E-state index in [0.29, 0.717) is 5.56 Å². The molecule has 0 aliphatic heterocycles. The van der Waals surface area contributed by atoms with Crippen molar-refractivity contribution in [3.63, 3.8) is 0 Å². The first-order chi connectivity index (χ1) is 10.5. The third kappa shape index (κ3) is 2.42. The number of aromatic nitrogens is 2. The quantitative estimate of drug-likeness (QED) is 0.579. The van der Waals surface area contributed by atoms with E-state index in [-0.39, 0.29) is 27.4 Å². The Morgan fingerprint density at radius 1 is 1.23 bits per heavy atom. The van der Waals surface area contributed by atoms with Crippen LogP contribution >= 0.6 is 11.6 Å². The van der Waals surface area contributed by atoms with Gasteiger partial charge in [0.15, 0.2) is 0 Å². The van der Waals surface area contributed by atoms with Gasteiger partial charge < -0.3 is 4.98 Å². The van der Waals surface area contributed by atoms with Crippen LogP contribution in [0.15, 0.2) is 41.2 Å². The third-order valence-electron chi connectivity index (χ3n) is 3.08. The highest BCUT2D eigenvalue weighted by atomic mass is 35.5. The molecule has 1 aromatic heterocycles. The van der Waals surface area contributed by atoms with Gasteiger partial charge in [0, 0.05) is 11.6 Å². The number of nitro groups is 1. The van der Waals surface area contributed by atoms with Crippen LogP contribution in [-0.4, -0.2) is 14.9 Å². The number of aromatic amines is 1. The molecule has 3 aromatic rings. The lowest BCUT2D eigenvalue weighted by atomic mass is 10.1. The first-order valence-electron chi connectivity index (χ1n) is 6.09. The maximum atomic E-state index is 13.2. The molecule has 22 heavy (non-hydrogen) atoms. The van der Waals surface area contributed by atoms with Crippen molar-refractivity contribution < 1.29 is 9.31 Å². The van der Waals surface area contributed by atoms with Gasteiger partial charge in [-0.1, -0.05) is 11.6 Å². The Morgan fingerprint density at radius 2 is 2.00 bits per heavy atom. The summed E-state index contributed by atoms with van der Waals surface area (Å²) >= 11 is 5.75. The molecule has 0 aliphatic carbocycles. The number of nitro benzene ring substituents is 1. The number of H-pyrrole nitrogens is 1. The van der Waals surface area contributed by atoms with Crippen molar-refractivity contribution in [1.82, 2.24) is 9.97 Å². The number of benzene rings is 2. The highest BCUT2D eigenvalue weighted by Gasteiger charge is 2.15. The van der Waals surface area contributed by atoms with E-state index >= 15 is 0 Å². The lowest BCUT2D eigenvalue weighted by Crippen LogP contribution is -2.09. The van der Waals surface area contributed by atoms with Gasteiger partial charge >= 0.3 is 0 Å². The predicted octanol–water partition coefficient (Wildman–Crippen LogP) is 3.29. The summed E-state index contributed by atoms with van der Waals surface area (Å²) in [5.74, 6) is -0.404. The molecule has 0 saturated carbocycles. The first-order valence-corrected chi connectivity index (χ1v) is 6.47. The fourth-order valence-electron chi connectivity index (χ4n) is 2.05. The minimum Gasteiger partial charge on any atom is -0.306 e. The molecule has 0 bridgehead atoms. The Bertz CT molecular complexity index is 971. The van der Waals surface area contributed by atoms with Gasteiger partial charge in [0.2, 0.25) is 0 Å². The van der Waals surface area contributed by atoms with Crippen molar-refractivity contribution in [2.75, 3.05) is 0 Å². The van der Waals surface area contributed by atoms with E-state index in [9.17, 15) is 19.3 Å². The zero-order chi connectivity index (χ0) is 15.9. The van der Waals surface area contributed by atoms with Crippen molar-refractivity contribution in [3.8, 4) is 11.4 Å². The van der Waals surface area contributed by atoms with Gasteiger partial charge in [-0.2, -0.15) is 0 Å². The summed E-state index contributed by atoms with van der Waals surface area (Å²) in [6.45, 7) is 0. The van der Waals surface area contributed by atoms with Crippen molar-refractivity contribution in [2.24, 2.45) is 0 Å². The number of fused-ring (bicyclic) bond motifs is 1. The number of nitrogens with one attached hydrogen (secondary N) is 1. The van der Waals surface area contributed by atoms with Crippen molar-refractivity contribution in [3.05, 3.63) is 67.7 Å². The SMILES string of the molecule is O=c1[nH]c(-c2ccc(Cl)c([N+](=O)[O-])c2)nc2ccc(F)cc12.